The standard InChI is InChI=1S/C26H22N4O10/c1-13-19(25(33)39-3)22(21-17(29(35)36)9-6-10-18(21)30(37)38)20(14(2)27-13)26(34)40-12-11-28-23(31)15-7-4-5-8-16(15)24(28)32/h4-10,22,27H,11-12H2,1-3H3. The van der Waals surface area contributed by atoms with Gasteiger partial charge in [0.2, 0.25) is 0 Å². The highest BCUT2D eigenvalue weighted by Crippen LogP contribution is 2.46. The van der Waals surface area contributed by atoms with Gasteiger partial charge in [-0.25, -0.2) is 9.59 Å². The van der Waals surface area contributed by atoms with Crippen LogP contribution in [0.2, 0.25) is 0 Å². The van der Waals surface area contributed by atoms with E-state index in [4.69, 9.17) is 9.47 Å². The first kappa shape index (κ1) is 27.6. The number of nitro benzene ring substituents is 2. The molecule has 0 saturated heterocycles. The van der Waals surface area contributed by atoms with E-state index in [9.17, 15) is 39.4 Å². The fourth-order valence-corrected chi connectivity index (χ4v) is 4.84. The lowest BCUT2D eigenvalue weighted by atomic mass is 9.79. The Labute approximate surface area is 226 Å². The predicted octanol–water partition coefficient (Wildman–Crippen LogP) is 2.75. The molecule has 0 saturated carbocycles. The number of nitrogens with zero attached hydrogens (tertiary/aromatic N) is 3. The average Bonchev–Trinajstić information content (AvgIpc) is 3.16. The number of amides is 2. The number of rotatable bonds is 8. The largest absolute Gasteiger partial charge is 0.466 e. The maximum atomic E-state index is 13.4. The zero-order valence-electron chi connectivity index (χ0n) is 21.5. The van der Waals surface area contributed by atoms with Crippen molar-refractivity contribution in [2.45, 2.75) is 19.8 Å². The number of carbonyl (C=O) groups is 4. The third-order valence-corrected chi connectivity index (χ3v) is 6.55. The molecule has 14 nitrogen and oxygen atoms in total. The Morgan fingerprint density at radius 3 is 1.85 bits per heavy atom. The fraction of sp³-hybridized carbons (Fsp3) is 0.231. The molecule has 4 rings (SSSR count). The van der Waals surface area contributed by atoms with E-state index in [-0.39, 0.29) is 40.2 Å². The van der Waals surface area contributed by atoms with Crippen LogP contribution in [-0.2, 0) is 19.1 Å². The highest BCUT2D eigenvalue weighted by Gasteiger charge is 2.45. The minimum absolute atomic E-state index is 0.119. The van der Waals surface area contributed by atoms with Gasteiger partial charge in [-0.05, 0) is 32.0 Å². The van der Waals surface area contributed by atoms with Gasteiger partial charge in [0.1, 0.15) is 12.2 Å². The summed E-state index contributed by atoms with van der Waals surface area (Å²) < 4.78 is 10.2. The second kappa shape index (κ2) is 10.8. The molecular formula is C26H22N4O10. The summed E-state index contributed by atoms with van der Waals surface area (Å²) in [5, 5.41) is 26.7. The molecule has 2 aromatic carbocycles. The molecule has 1 N–H and O–H groups in total. The lowest BCUT2D eigenvalue weighted by Crippen LogP contribution is -2.35. The molecule has 40 heavy (non-hydrogen) atoms. The Hall–Kier alpha value is -5.40. The Morgan fingerprint density at radius 1 is 0.875 bits per heavy atom. The molecule has 2 aliphatic rings. The van der Waals surface area contributed by atoms with Gasteiger partial charge in [0, 0.05) is 23.5 Å². The molecule has 0 fully saturated rings. The molecule has 0 radical (unpaired) electrons. The lowest BCUT2D eigenvalue weighted by Gasteiger charge is -2.29. The number of benzene rings is 2. The smallest absolute Gasteiger partial charge is 0.336 e. The number of ether oxygens (including phenoxy) is 2. The maximum Gasteiger partial charge on any atom is 0.336 e. The topological polar surface area (TPSA) is 188 Å². The van der Waals surface area contributed by atoms with Crippen LogP contribution in [0.15, 0.2) is 65.0 Å². The van der Waals surface area contributed by atoms with Crippen molar-refractivity contribution in [3.8, 4) is 0 Å². The van der Waals surface area contributed by atoms with Gasteiger partial charge < -0.3 is 14.8 Å². The van der Waals surface area contributed by atoms with E-state index in [1.54, 1.807) is 12.1 Å². The first-order valence-electron chi connectivity index (χ1n) is 11.8. The van der Waals surface area contributed by atoms with E-state index >= 15 is 0 Å². The van der Waals surface area contributed by atoms with Crippen molar-refractivity contribution in [2.24, 2.45) is 0 Å². The molecule has 2 amide bonds. The van der Waals surface area contributed by atoms with Crippen LogP contribution in [-0.4, -0.2) is 58.8 Å². The number of carbonyl (C=O) groups excluding carboxylic acids is 4. The van der Waals surface area contributed by atoms with Crippen molar-refractivity contribution in [3.05, 3.63) is 102 Å². The minimum Gasteiger partial charge on any atom is -0.466 e. The van der Waals surface area contributed by atoms with E-state index in [0.717, 1.165) is 30.2 Å². The second-order valence-corrected chi connectivity index (χ2v) is 8.79. The molecule has 14 heteroatoms. The van der Waals surface area contributed by atoms with Crippen LogP contribution < -0.4 is 5.32 Å². The molecule has 206 valence electrons. The summed E-state index contributed by atoms with van der Waals surface area (Å²) in [7, 11) is 1.05. The quantitative estimate of drug-likeness (QED) is 0.220. The molecule has 1 unspecified atom stereocenters. The number of allylic oxidation sites excluding steroid dienone is 2. The van der Waals surface area contributed by atoms with Crippen molar-refractivity contribution in [2.75, 3.05) is 20.3 Å². The summed E-state index contributed by atoms with van der Waals surface area (Å²) in [5.74, 6) is -4.79. The Bertz CT molecular complexity index is 1490. The first-order valence-corrected chi connectivity index (χ1v) is 11.8. The molecule has 0 bridgehead atoms. The Morgan fingerprint density at radius 2 is 1.38 bits per heavy atom. The molecule has 2 aliphatic heterocycles. The molecular weight excluding hydrogens is 528 g/mol. The summed E-state index contributed by atoms with van der Waals surface area (Å²) in [4.78, 5) is 74.6. The normalized spacial score (nSPS) is 16.5. The van der Waals surface area contributed by atoms with Crippen LogP contribution >= 0.6 is 0 Å². The zero-order valence-corrected chi connectivity index (χ0v) is 21.5. The van der Waals surface area contributed by atoms with Gasteiger partial charge in [0.25, 0.3) is 23.2 Å². The van der Waals surface area contributed by atoms with Crippen LogP contribution in [0, 0.1) is 20.2 Å². The van der Waals surface area contributed by atoms with Crippen molar-refractivity contribution in [3.63, 3.8) is 0 Å². The first-order chi connectivity index (χ1) is 19.0. The van der Waals surface area contributed by atoms with Gasteiger partial charge in [-0.1, -0.05) is 12.1 Å². The predicted molar refractivity (Wildman–Crippen MR) is 136 cm³/mol. The zero-order chi connectivity index (χ0) is 29.3. The molecule has 0 spiro atoms. The Kier molecular flexibility index (Phi) is 7.43. The van der Waals surface area contributed by atoms with Gasteiger partial charge >= 0.3 is 11.9 Å². The third kappa shape index (κ3) is 4.66. The van der Waals surface area contributed by atoms with Crippen molar-refractivity contribution < 1.29 is 38.5 Å². The van der Waals surface area contributed by atoms with Gasteiger partial charge in [0.15, 0.2) is 0 Å². The minimum atomic E-state index is -1.61. The number of dihydropyridines is 1. The van der Waals surface area contributed by atoms with Crippen molar-refractivity contribution >= 4 is 35.1 Å². The van der Waals surface area contributed by atoms with E-state index in [1.807, 2.05) is 0 Å². The van der Waals surface area contributed by atoms with Gasteiger partial charge in [0.05, 0.1) is 51.7 Å². The second-order valence-electron chi connectivity index (χ2n) is 8.79. The summed E-state index contributed by atoms with van der Waals surface area (Å²) in [6.07, 6.45) is 0. The molecule has 0 aromatic heterocycles. The highest BCUT2D eigenvalue weighted by atomic mass is 16.6. The number of nitro groups is 2. The third-order valence-electron chi connectivity index (χ3n) is 6.55. The van der Waals surface area contributed by atoms with E-state index in [1.165, 1.54) is 26.0 Å². The SMILES string of the molecule is COC(=O)C1=C(C)NC(C)=C(C(=O)OCCN2C(=O)c3ccccc3C2=O)C1c1c([N+](=O)[O-])cccc1[N+](=O)[O-]. The van der Waals surface area contributed by atoms with E-state index < -0.39 is 63.1 Å². The van der Waals surface area contributed by atoms with Crippen LogP contribution in [0.3, 0.4) is 0 Å². The van der Waals surface area contributed by atoms with Crippen LogP contribution in [0.5, 0.6) is 0 Å². The molecule has 1 atom stereocenters. The van der Waals surface area contributed by atoms with E-state index in [0.29, 0.717) is 0 Å². The molecule has 2 heterocycles. The summed E-state index contributed by atoms with van der Waals surface area (Å²) in [6.45, 7) is 2.13. The summed E-state index contributed by atoms with van der Waals surface area (Å²) in [6, 6.07) is 9.37. The maximum absolute atomic E-state index is 13.4. The van der Waals surface area contributed by atoms with Crippen LogP contribution in [0.25, 0.3) is 0 Å². The highest BCUT2D eigenvalue weighted by molar-refractivity contribution is 6.21. The monoisotopic (exact) mass is 550 g/mol. The summed E-state index contributed by atoms with van der Waals surface area (Å²) >= 11 is 0. The van der Waals surface area contributed by atoms with Gasteiger partial charge in [-0.3, -0.25) is 34.7 Å². The molecule has 2 aromatic rings. The van der Waals surface area contributed by atoms with Crippen molar-refractivity contribution in [1.82, 2.24) is 10.2 Å². The molecule has 0 aliphatic carbocycles. The van der Waals surface area contributed by atoms with E-state index in [2.05, 4.69) is 5.32 Å². The number of imide groups is 1. The number of methoxy groups -OCH3 is 1. The van der Waals surface area contributed by atoms with Gasteiger partial charge in [-0.2, -0.15) is 0 Å². The van der Waals surface area contributed by atoms with Crippen LogP contribution in [0.1, 0.15) is 46.0 Å². The number of hydrogen-bond acceptors (Lipinski definition) is 11. The fourth-order valence-electron chi connectivity index (χ4n) is 4.84. The number of fused-ring (bicyclic) bond motifs is 1. The number of nitrogens with one attached hydrogen (secondary N) is 1. The lowest BCUT2D eigenvalue weighted by molar-refractivity contribution is -0.395. The van der Waals surface area contributed by atoms with Crippen LogP contribution in [0.4, 0.5) is 11.4 Å². The number of hydrogen-bond donors (Lipinski definition) is 1. The average molecular weight is 550 g/mol. The summed E-state index contributed by atoms with van der Waals surface area (Å²) in [5.41, 5.74) is -1.78. The number of esters is 2. The van der Waals surface area contributed by atoms with Crippen molar-refractivity contribution in [1.29, 1.82) is 0 Å². The van der Waals surface area contributed by atoms with Gasteiger partial charge in [-0.15, -0.1) is 0 Å². The Balaban J connectivity index is 1.71.